The van der Waals surface area contributed by atoms with Gasteiger partial charge in [-0.1, -0.05) is 6.07 Å². The maximum absolute atomic E-state index is 13.3. The molecule has 0 aliphatic rings. The van der Waals surface area contributed by atoms with Gasteiger partial charge < -0.3 is 14.8 Å². The zero-order valence-electron chi connectivity index (χ0n) is 10.0. The first-order chi connectivity index (χ1) is 8.19. The molecule has 1 N–H and O–H groups in total. The molecule has 1 unspecified atom stereocenters. The quantitative estimate of drug-likeness (QED) is 0.793. The van der Waals surface area contributed by atoms with Crippen molar-refractivity contribution in [1.29, 1.82) is 0 Å². The molecule has 0 amide bonds. The molecule has 0 heterocycles. The minimum absolute atomic E-state index is 0.0415. The summed E-state index contributed by atoms with van der Waals surface area (Å²) in [7, 11) is 3.14. The molecule has 96 valence electrons. The number of hydrogen-bond acceptors (Lipinski definition) is 3. The van der Waals surface area contributed by atoms with E-state index in [-0.39, 0.29) is 18.2 Å². The van der Waals surface area contributed by atoms with Gasteiger partial charge in [-0.2, -0.15) is 0 Å². The van der Waals surface area contributed by atoms with Crippen LogP contribution in [0.1, 0.15) is 5.56 Å². The molecular formula is C12H17F2NO2. The lowest BCUT2D eigenvalue weighted by Gasteiger charge is -2.15. The van der Waals surface area contributed by atoms with Gasteiger partial charge in [-0.15, -0.1) is 0 Å². The van der Waals surface area contributed by atoms with Crippen molar-refractivity contribution in [3.8, 4) is 0 Å². The summed E-state index contributed by atoms with van der Waals surface area (Å²) >= 11 is 0. The second kappa shape index (κ2) is 7.32. The predicted molar refractivity (Wildman–Crippen MR) is 60.7 cm³/mol. The second-order valence-electron chi connectivity index (χ2n) is 3.64. The Bertz CT molecular complexity index is 327. The zero-order valence-corrected chi connectivity index (χ0v) is 10.0. The summed E-state index contributed by atoms with van der Waals surface area (Å²) in [4.78, 5) is 0. The summed E-state index contributed by atoms with van der Waals surface area (Å²) in [6.07, 6.45) is -0.130. The molecule has 0 saturated heterocycles. The Morgan fingerprint density at radius 2 is 1.88 bits per heavy atom. The van der Waals surface area contributed by atoms with Crippen molar-refractivity contribution >= 4 is 0 Å². The topological polar surface area (TPSA) is 30.5 Å². The fourth-order valence-electron chi connectivity index (χ4n) is 1.46. The lowest BCUT2D eigenvalue weighted by molar-refractivity contribution is 0.0287. The van der Waals surface area contributed by atoms with Gasteiger partial charge in [-0.05, 0) is 12.1 Å². The highest BCUT2D eigenvalue weighted by Gasteiger charge is 2.10. The smallest absolute Gasteiger partial charge is 0.130 e. The third-order valence-corrected chi connectivity index (χ3v) is 2.42. The molecule has 1 rings (SSSR count). The summed E-state index contributed by atoms with van der Waals surface area (Å²) in [5.41, 5.74) is 0.0415. The van der Waals surface area contributed by atoms with Crippen molar-refractivity contribution in [3.63, 3.8) is 0 Å². The van der Waals surface area contributed by atoms with Gasteiger partial charge in [0.25, 0.3) is 0 Å². The molecule has 0 aromatic heterocycles. The standard InChI is InChI=1S/C12H17F2NO2/c1-16-8-9(17-2)6-15-7-10-11(13)4-3-5-12(10)14/h3-5,9,15H,6-8H2,1-2H3. The van der Waals surface area contributed by atoms with Crippen LogP contribution in [0.5, 0.6) is 0 Å². The van der Waals surface area contributed by atoms with Crippen LogP contribution in [0.25, 0.3) is 0 Å². The molecule has 0 bridgehead atoms. The molecule has 0 aliphatic carbocycles. The van der Waals surface area contributed by atoms with Crippen LogP contribution in [0.4, 0.5) is 8.78 Å². The van der Waals surface area contributed by atoms with E-state index in [0.29, 0.717) is 13.2 Å². The molecule has 1 aromatic rings. The first-order valence-corrected chi connectivity index (χ1v) is 5.34. The van der Waals surface area contributed by atoms with E-state index < -0.39 is 11.6 Å². The number of benzene rings is 1. The summed E-state index contributed by atoms with van der Waals surface area (Å²) in [6.45, 7) is 1.03. The fraction of sp³-hybridized carbons (Fsp3) is 0.500. The maximum atomic E-state index is 13.3. The molecule has 0 aliphatic heterocycles. The number of ether oxygens (including phenoxy) is 2. The second-order valence-corrected chi connectivity index (χ2v) is 3.64. The van der Waals surface area contributed by atoms with E-state index in [1.165, 1.54) is 18.2 Å². The third kappa shape index (κ3) is 4.38. The van der Waals surface area contributed by atoms with Gasteiger partial charge in [0.2, 0.25) is 0 Å². The van der Waals surface area contributed by atoms with Crippen LogP contribution in [0.2, 0.25) is 0 Å². The van der Waals surface area contributed by atoms with Crippen LogP contribution in [0.15, 0.2) is 18.2 Å². The Morgan fingerprint density at radius 3 is 2.41 bits per heavy atom. The van der Waals surface area contributed by atoms with E-state index in [2.05, 4.69) is 5.32 Å². The van der Waals surface area contributed by atoms with E-state index in [1.807, 2.05) is 0 Å². The van der Waals surface area contributed by atoms with Gasteiger partial charge >= 0.3 is 0 Å². The number of nitrogens with one attached hydrogen (secondary N) is 1. The van der Waals surface area contributed by atoms with Crippen LogP contribution in [-0.2, 0) is 16.0 Å². The molecular weight excluding hydrogens is 228 g/mol. The zero-order chi connectivity index (χ0) is 12.7. The highest BCUT2D eigenvalue weighted by Crippen LogP contribution is 2.11. The molecule has 0 fully saturated rings. The van der Waals surface area contributed by atoms with Crippen LogP contribution in [0, 0.1) is 11.6 Å². The molecule has 0 saturated carbocycles. The average molecular weight is 245 g/mol. The van der Waals surface area contributed by atoms with E-state index >= 15 is 0 Å². The molecule has 3 nitrogen and oxygen atoms in total. The Morgan fingerprint density at radius 1 is 1.24 bits per heavy atom. The van der Waals surface area contributed by atoms with Gasteiger partial charge in [0, 0.05) is 32.9 Å². The Kier molecular flexibility index (Phi) is 6.04. The largest absolute Gasteiger partial charge is 0.382 e. The molecule has 5 heteroatoms. The lowest BCUT2D eigenvalue weighted by Crippen LogP contribution is -2.31. The van der Waals surface area contributed by atoms with Crippen LogP contribution in [-0.4, -0.2) is 33.5 Å². The monoisotopic (exact) mass is 245 g/mol. The lowest BCUT2D eigenvalue weighted by atomic mass is 10.2. The van der Waals surface area contributed by atoms with Crippen molar-refractivity contribution in [2.75, 3.05) is 27.4 Å². The minimum atomic E-state index is -0.543. The number of halogens is 2. The minimum Gasteiger partial charge on any atom is -0.382 e. The van der Waals surface area contributed by atoms with Crippen LogP contribution >= 0.6 is 0 Å². The normalized spacial score (nSPS) is 12.7. The number of rotatable bonds is 7. The summed E-state index contributed by atoms with van der Waals surface area (Å²) in [5, 5.41) is 2.93. The van der Waals surface area contributed by atoms with E-state index in [0.717, 1.165) is 0 Å². The summed E-state index contributed by atoms with van der Waals surface area (Å²) in [6, 6.07) is 3.82. The van der Waals surface area contributed by atoms with Crippen LogP contribution in [0.3, 0.4) is 0 Å². The maximum Gasteiger partial charge on any atom is 0.130 e. The first-order valence-electron chi connectivity index (χ1n) is 5.34. The SMILES string of the molecule is COCC(CNCc1c(F)cccc1F)OC. The Balaban J connectivity index is 2.45. The first kappa shape index (κ1) is 14.0. The van der Waals surface area contributed by atoms with Gasteiger partial charge in [-0.3, -0.25) is 0 Å². The number of hydrogen-bond donors (Lipinski definition) is 1. The van der Waals surface area contributed by atoms with E-state index in [4.69, 9.17) is 9.47 Å². The van der Waals surface area contributed by atoms with Crippen molar-refractivity contribution < 1.29 is 18.3 Å². The summed E-state index contributed by atoms with van der Waals surface area (Å²) < 4.78 is 36.6. The van der Waals surface area contributed by atoms with Gasteiger partial charge in [0.1, 0.15) is 11.6 Å². The molecule has 1 atom stereocenters. The van der Waals surface area contributed by atoms with Crippen molar-refractivity contribution in [1.82, 2.24) is 5.32 Å². The highest BCUT2D eigenvalue weighted by molar-refractivity contribution is 5.19. The van der Waals surface area contributed by atoms with E-state index in [9.17, 15) is 8.78 Å². The van der Waals surface area contributed by atoms with Crippen molar-refractivity contribution in [2.45, 2.75) is 12.6 Å². The average Bonchev–Trinajstić information content (AvgIpc) is 2.31. The highest BCUT2D eigenvalue weighted by atomic mass is 19.1. The van der Waals surface area contributed by atoms with Gasteiger partial charge in [0.05, 0.1) is 12.7 Å². The van der Waals surface area contributed by atoms with Crippen LogP contribution < -0.4 is 5.32 Å². The predicted octanol–water partition coefficient (Wildman–Crippen LogP) is 1.72. The van der Waals surface area contributed by atoms with Gasteiger partial charge in [-0.25, -0.2) is 8.78 Å². The molecule has 17 heavy (non-hydrogen) atoms. The van der Waals surface area contributed by atoms with Crippen molar-refractivity contribution in [3.05, 3.63) is 35.4 Å². The van der Waals surface area contributed by atoms with Gasteiger partial charge in [0.15, 0.2) is 0 Å². The van der Waals surface area contributed by atoms with Crippen molar-refractivity contribution in [2.24, 2.45) is 0 Å². The Hall–Kier alpha value is -1.04. The molecule has 0 radical (unpaired) electrons. The molecule has 1 aromatic carbocycles. The van der Waals surface area contributed by atoms with E-state index in [1.54, 1.807) is 14.2 Å². The third-order valence-electron chi connectivity index (χ3n) is 2.42. The number of methoxy groups -OCH3 is 2. The molecule has 0 spiro atoms. The fourth-order valence-corrected chi connectivity index (χ4v) is 1.46. The Labute approximate surface area is 99.7 Å². The summed E-state index contributed by atoms with van der Waals surface area (Å²) in [5.74, 6) is -1.09.